The first-order chi connectivity index (χ1) is 8.72. The van der Waals surface area contributed by atoms with Crippen molar-refractivity contribution in [1.29, 1.82) is 0 Å². The maximum absolute atomic E-state index is 3.94. The van der Waals surface area contributed by atoms with Crippen LogP contribution >= 0.6 is 0 Å². The molecule has 0 bridgehead atoms. The molecule has 0 aliphatic carbocycles. The standard InChI is InChI=1S/C16H27NSi/c1-5-14-17(18(6-2,7-3)8-4)15-16-12-10-9-11-13-16/h5,9-13H,1,6-8,14-15H2,2-4H3. The average molecular weight is 261 g/mol. The Kier molecular flexibility index (Phi) is 6.37. The molecule has 0 radical (unpaired) electrons. The van der Waals surface area contributed by atoms with Crippen LogP contribution in [0.25, 0.3) is 0 Å². The maximum Gasteiger partial charge on any atom is 0.128 e. The van der Waals surface area contributed by atoms with Crippen molar-refractivity contribution in [2.45, 2.75) is 45.4 Å². The van der Waals surface area contributed by atoms with E-state index in [0.717, 1.165) is 13.1 Å². The van der Waals surface area contributed by atoms with Gasteiger partial charge in [-0.3, -0.25) is 0 Å². The van der Waals surface area contributed by atoms with Crippen molar-refractivity contribution >= 4 is 8.24 Å². The molecule has 0 aromatic heterocycles. The minimum Gasteiger partial charge on any atom is -0.316 e. The van der Waals surface area contributed by atoms with Gasteiger partial charge in [0.2, 0.25) is 0 Å². The van der Waals surface area contributed by atoms with Crippen molar-refractivity contribution in [3.63, 3.8) is 0 Å². The highest BCUT2D eigenvalue weighted by molar-refractivity contribution is 6.77. The molecule has 1 aromatic rings. The van der Waals surface area contributed by atoms with Crippen molar-refractivity contribution < 1.29 is 0 Å². The molecule has 2 heteroatoms. The molecule has 0 unspecified atom stereocenters. The minimum absolute atomic E-state index is 1.02. The monoisotopic (exact) mass is 261 g/mol. The summed E-state index contributed by atoms with van der Waals surface area (Å²) in [6, 6.07) is 14.8. The minimum atomic E-state index is -1.29. The van der Waals surface area contributed by atoms with E-state index >= 15 is 0 Å². The van der Waals surface area contributed by atoms with Gasteiger partial charge in [-0.15, -0.1) is 6.58 Å². The number of hydrogen-bond donors (Lipinski definition) is 0. The van der Waals surface area contributed by atoms with Crippen molar-refractivity contribution in [2.75, 3.05) is 6.54 Å². The first-order valence-corrected chi connectivity index (χ1v) is 9.69. The van der Waals surface area contributed by atoms with Gasteiger partial charge in [-0.05, 0) is 23.7 Å². The second kappa shape index (κ2) is 7.55. The van der Waals surface area contributed by atoms with Crippen molar-refractivity contribution in [2.24, 2.45) is 0 Å². The molecule has 100 valence electrons. The molecule has 0 heterocycles. The number of rotatable bonds is 8. The van der Waals surface area contributed by atoms with Gasteiger partial charge in [-0.1, -0.05) is 57.2 Å². The predicted octanol–water partition coefficient (Wildman–Crippen LogP) is 4.68. The van der Waals surface area contributed by atoms with Crippen molar-refractivity contribution in [3.8, 4) is 0 Å². The Balaban J connectivity index is 2.90. The van der Waals surface area contributed by atoms with E-state index in [-0.39, 0.29) is 0 Å². The predicted molar refractivity (Wildman–Crippen MR) is 84.2 cm³/mol. The quantitative estimate of drug-likeness (QED) is 0.485. The lowest BCUT2D eigenvalue weighted by atomic mass is 10.2. The summed E-state index contributed by atoms with van der Waals surface area (Å²) >= 11 is 0. The van der Waals surface area contributed by atoms with E-state index in [1.54, 1.807) is 0 Å². The first-order valence-electron chi connectivity index (χ1n) is 7.12. The Morgan fingerprint density at radius 2 is 1.61 bits per heavy atom. The highest BCUT2D eigenvalue weighted by Crippen LogP contribution is 2.26. The summed E-state index contributed by atoms with van der Waals surface area (Å²) < 4.78 is 2.72. The van der Waals surface area contributed by atoms with Gasteiger partial charge in [0.05, 0.1) is 0 Å². The van der Waals surface area contributed by atoms with E-state index in [0.29, 0.717) is 0 Å². The fourth-order valence-electron chi connectivity index (χ4n) is 2.81. The third-order valence-electron chi connectivity index (χ3n) is 4.21. The van der Waals surface area contributed by atoms with E-state index in [1.165, 1.54) is 23.7 Å². The van der Waals surface area contributed by atoms with Crippen LogP contribution in [0.4, 0.5) is 0 Å². The van der Waals surface area contributed by atoms with Crippen LogP contribution in [0.1, 0.15) is 26.3 Å². The molecule has 0 saturated heterocycles. The second-order valence-electron chi connectivity index (χ2n) is 4.94. The van der Waals surface area contributed by atoms with Gasteiger partial charge in [-0.2, -0.15) is 0 Å². The molecule has 0 saturated carbocycles. The lowest BCUT2D eigenvalue weighted by Crippen LogP contribution is -2.51. The molecule has 1 rings (SSSR count). The molecule has 0 aliphatic heterocycles. The van der Waals surface area contributed by atoms with Gasteiger partial charge in [0.25, 0.3) is 0 Å². The Morgan fingerprint density at radius 3 is 2.06 bits per heavy atom. The molecule has 0 spiro atoms. The highest BCUT2D eigenvalue weighted by atomic mass is 28.3. The first kappa shape index (κ1) is 15.2. The zero-order valence-electron chi connectivity index (χ0n) is 12.2. The van der Waals surface area contributed by atoms with Crippen LogP contribution < -0.4 is 0 Å². The molecule has 1 aromatic carbocycles. The molecule has 1 nitrogen and oxygen atoms in total. The van der Waals surface area contributed by atoms with Crippen LogP contribution in [0.5, 0.6) is 0 Å². The molecule has 0 N–H and O–H groups in total. The molecule has 18 heavy (non-hydrogen) atoms. The van der Waals surface area contributed by atoms with E-state index < -0.39 is 8.24 Å². The second-order valence-corrected chi connectivity index (χ2v) is 10.1. The zero-order valence-corrected chi connectivity index (χ0v) is 13.2. The lowest BCUT2D eigenvalue weighted by Gasteiger charge is -2.40. The van der Waals surface area contributed by atoms with Gasteiger partial charge in [0.15, 0.2) is 0 Å². The highest BCUT2D eigenvalue weighted by Gasteiger charge is 2.33. The van der Waals surface area contributed by atoms with E-state index in [4.69, 9.17) is 0 Å². The van der Waals surface area contributed by atoms with Crippen LogP contribution in [0, 0.1) is 0 Å². The molecule has 0 amide bonds. The molecule has 0 atom stereocenters. The third-order valence-corrected chi connectivity index (χ3v) is 9.84. The Hall–Kier alpha value is -0.863. The Bertz CT molecular complexity index is 335. The summed E-state index contributed by atoms with van der Waals surface area (Å²) in [6.45, 7) is 13.1. The van der Waals surface area contributed by atoms with Crippen LogP contribution in [-0.4, -0.2) is 19.3 Å². The SMILES string of the molecule is C=CCN(Cc1ccccc1)[Si](CC)(CC)CC. The summed E-state index contributed by atoms with van der Waals surface area (Å²) in [5.74, 6) is 0. The van der Waals surface area contributed by atoms with Crippen molar-refractivity contribution in [3.05, 3.63) is 48.6 Å². The molecular formula is C16H27NSi. The van der Waals surface area contributed by atoms with Crippen LogP contribution in [0.3, 0.4) is 0 Å². The molecule has 0 aliphatic rings. The lowest BCUT2D eigenvalue weighted by molar-refractivity contribution is 0.447. The van der Waals surface area contributed by atoms with E-state index in [2.05, 4.69) is 68.3 Å². The largest absolute Gasteiger partial charge is 0.316 e. The van der Waals surface area contributed by atoms with E-state index in [1.807, 2.05) is 0 Å². The fraction of sp³-hybridized carbons (Fsp3) is 0.500. The number of hydrogen-bond acceptors (Lipinski definition) is 1. The van der Waals surface area contributed by atoms with E-state index in [9.17, 15) is 0 Å². The number of benzene rings is 1. The van der Waals surface area contributed by atoms with Crippen LogP contribution in [0.2, 0.25) is 18.1 Å². The Morgan fingerprint density at radius 1 is 1.06 bits per heavy atom. The molecular weight excluding hydrogens is 234 g/mol. The fourth-order valence-corrected chi connectivity index (χ4v) is 6.68. The molecule has 0 fully saturated rings. The summed E-state index contributed by atoms with van der Waals surface area (Å²) in [6.07, 6.45) is 2.06. The summed E-state index contributed by atoms with van der Waals surface area (Å²) in [5, 5.41) is 0. The average Bonchev–Trinajstić information content (AvgIpc) is 2.43. The zero-order chi connectivity index (χ0) is 13.4. The summed E-state index contributed by atoms with van der Waals surface area (Å²) in [5.41, 5.74) is 1.42. The Labute approximate surface area is 114 Å². The summed E-state index contributed by atoms with van der Waals surface area (Å²) in [4.78, 5) is 0. The summed E-state index contributed by atoms with van der Waals surface area (Å²) in [7, 11) is -1.29. The normalized spacial score (nSPS) is 11.8. The van der Waals surface area contributed by atoms with Gasteiger partial charge in [0.1, 0.15) is 8.24 Å². The number of nitrogens with zero attached hydrogens (tertiary/aromatic N) is 1. The van der Waals surface area contributed by atoms with Gasteiger partial charge in [-0.25, -0.2) is 0 Å². The van der Waals surface area contributed by atoms with Gasteiger partial charge in [0, 0.05) is 13.1 Å². The van der Waals surface area contributed by atoms with Crippen LogP contribution in [0.15, 0.2) is 43.0 Å². The maximum atomic E-state index is 3.94. The smallest absolute Gasteiger partial charge is 0.128 e. The van der Waals surface area contributed by atoms with Gasteiger partial charge < -0.3 is 4.57 Å². The van der Waals surface area contributed by atoms with Gasteiger partial charge >= 0.3 is 0 Å². The third kappa shape index (κ3) is 3.56. The topological polar surface area (TPSA) is 3.24 Å². The van der Waals surface area contributed by atoms with Crippen molar-refractivity contribution in [1.82, 2.24) is 4.57 Å². The van der Waals surface area contributed by atoms with Crippen LogP contribution in [-0.2, 0) is 6.54 Å².